The highest BCUT2D eigenvalue weighted by Crippen LogP contribution is 2.14. The van der Waals surface area contributed by atoms with Gasteiger partial charge in [0, 0.05) is 32.6 Å². The van der Waals surface area contributed by atoms with E-state index >= 15 is 0 Å². The molecule has 1 saturated heterocycles. The standard InChI is InChI=1S/C19H30N2O2/c1-17(22)5-6-18-7-9-19(10-8-18)23-16-4-3-11-21-14-12-20(2)13-15-21/h7-10H,3-6,11-16H2,1-2H3. The van der Waals surface area contributed by atoms with E-state index in [1.54, 1.807) is 6.92 Å². The van der Waals surface area contributed by atoms with Gasteiger partial charge in [-0.2, -0.15) is 0 Å². The number of unbranched alkanes of at least 4 members (excludes halogenated alkanes) is 1. The first-order valence-electron chi connectivity index (χ1n) is 8.75. The van der Waals surface area contributed by atoms with Crippen LogP contribution < -0.4 is 4.74 Å². The van der Waals surface area contributed by atoms with E-state index in [1.807, 2.05) is 12.1 Å². The Hall–Kier alpha value is -1.39. The van der Waals surface area contributed by atoms with Crippen molar-refractivity contribution < 1.29 is 9.53 Å². The molecule has 0 bridgehead atoms. The van der Waals surface area contributed by atoms with Crippen LogP contribution in [-0.4, -0.2) is 62.0 Å². The fraction of sp³-hybridized carbons (Fsp3) is 0.632. The Balaban J connectivity index is 1.56. The minimum Gasteiger partial charge on any atom is -0.494 e. The molecule has 1 aliphatic heterocycles. The zero-order chi connectivity index (χ0) is 16.5. The van der Waals surface area contributed by atoms with Gasteiger partial charge >= 0.3 is 0 Å². The maximum atomic E-state index is 11.0. The van der Waals surface area contributed by atoms with E-state index in [0.29, 0.717) is 6.42 Å². The van der Waals surface area contributed by atoms with Crippen molar-refractivity contribution in [2.24, 2.45) is 0 Å². The number of hydrogen-bond acceptors (Lipinski definition) is 4. The second-order valence-electron chi connectivity index (χ2n) is 6.55. The number of benzene rings is 1. The van der Waals surface area contributed by atoms with Crippen LogP contribution in [0.25, 0.3) is 0 Å². The molecule has 1 aromatic rings. The number of piperazine rings is 1. The molecule has 23 heavy (non-hydrogen) atoms. The van der Waals surface area contributed by atoms with Gasteiger partial charge in [0.05, 0.1) is 6.61 Å². The molecule has 128 valence electrons. The molecule has 0 N–H and O–H groups in total. The molecule has 0 radical (unpaired) electrons. The second-order valence-corrected chi connectivity index (χ2v) is 6.55. The van der Waals surface area contributed by atoms with E-state index in [9.17, 15) is 4.79 Å². The van der Waals surface area contributed by atoms with Gasteiger partial charge in [-0.25, -0.2) is 0 Å². The van der Waals surface area contributed by atoms with Gasteiger partial charge in [-0.15, -0.1) is 0 Å². The maximum Gasteiger partial charge on any atom is 0.130 e. The van der Waals surface area contributed by atoms with Crippen molar-refractivity contribution in [1.29, 1.82) is 0 Å². The van der Waals surface area contributed by atoms with Crippen LogP contribution in [0.4, 0.5) is 0 Å². The Labute approximate surface area is 140 Å². The number of rotatable bonds is 9. The van der Waals surface area contributed by atoms with E-state index in [-0.39, 0.29) is 5.78 Å². The Morgan fingerprint density at radius 1 is 1.09 bits per heavy atom. The van der Waals surface area contributed by atoms with Gasteiger partial charge in [0.15, 0.2) is 0 Å². The Bertz CT molecular complexity index is 465. The zero-order valence-corrected chi connectivity index (χ0v) is 14.6. The molecule has 0 spiro atoms. The van der Waals surface area contributed by atoms with Crippen LogP contribution >= 0.6 is 0 Å². The predicted molar refractivity (Wildman–Crippen MR) is 94.1 cm³/mol. The molecule has 1 aromatic carbocycles. The summed E-state index contributed by atoms with van der Waals surface area (Å²) in [6.07, 6.45) is 3.73. The SMILES string of the molecule is CC(=O)CCc1ccc(OCCCCN2CCN(C)CC2)cc1. The molecular weight excluding hydrogens is 288 g/mol. The number of ether oxygens (including phenoxy) is 1. The summed E-state index contributed by atoms with van der Waals surface area (Å²) in [6, 6.07) is 8.14. The van der Waals surface area contributed by atoms with E-state index in [4.69, 9.17) is 4.74 Å². The van der Waals surface area contributed by atoms with Gasteiger partial charge in [0.25, 0.3) is 0 Å². The molecular formula is C19H30N2O2. The zero-order valence-electron chi connectivity index (χ0n) is 14.6. The summed E-state index contributed by atoms with van der Waals surface area (Å²) in [5, 5.41) is 0. The third-order valence-corrected chi connectivity index (χ3v) is 4.42. The lowest BCUT2D eigenvalue weighted by Crippen LogP contribution is -2.44. The number of hydrogen-bond donors (Lipinski definition) is 0. The maximum absolute atomic E-state index is 11.0. The monoisotopic (exact) mass is 318 g/mol. The number of likely N-dealkylation sites (N-methyl/N-ethyl adjacent to an activating group) is 1. The molecule has 0 aromatic heterocycles. The summed E-state index contributed by atoms with van der Waals surface area (Å²) in [5.41, 5.74) is 1.20. The third-order valence-electron chi connectivity index (χ3n) is 4.42. The van der Waals surface area contributed by atoms with Gasteiger partial charge in [0.1, 0.15) is 11.5 Å². The van der Waals surface area contributed by atoms with Crippen LogP contribution in [-0.2, 0) is 11.2 Å². The summed E-state index contributed by atoms with van der Waals surface area (Å²) >= 11 is 0. The van der Waals surface area contributed by atoms with Crippen molar-refractivity contribution in [1.82, 2.24) is 9.80 Å². The number of ketones is 1. The minimum absolute atomic E-state index is 0.241. The van der Waals surface area contributed by atoms with Crippen molar-refractivity contribution in [2.45, 2.75) is 32.6 Å². The quantitative estimate of drug-likeness (QED) is 0.655. The van der Waals surface area contributed by atoms with E-state index in [1.165, 1.54) is 44.7 Å². The summed E-state index contributed by atoms with van der Waals surface area (Å²) < 4.78 is 5.80. The first-order chi connectivity index (χ1) is 11.1. The molecule has 0 aliphatic carbocycles. The number of carbonyl (C=O) groups excluding carboxylic acids is 1. The van der Waals surface area contributed by atoms with E-state index in [0.717, 1.165) is 25.2 Å². The average Bonchev–Trinajstić information content (AvgIpc) is 2.55. The summed E-state index contributed by atoms with van der Waals surface area (Å²) in [5.74, 6) is 1.17. The first-order valence-corrected chi connectivity index (χ1v) is 8.75. The van der Waals surface area contributed by atoms with Gasteiger partial charge in [-0.1, -0.05) is 12.1 Å². The Morgan fingerprint density at radius 2 is 1.78 bits per heavy atom. The average molecular weight is 318 g/mol. The van der Waals surface area contributed by atoms with Gasteiger partial charge < -0.3 is 19.3 Å². The highest BCUT2D eigenvalue weighted by molar-refractivity contribution is 5.75. The fourth-order valence-electron chi connectivity index (χ4n) is 2.77. The van der Waals surface area contributed by atoms with Crippen molar-refractivity contribution in [3.05, 3.63) is 29.8 Å². The Kier molecular flexibility index (Phi) is 7.56. The van der Waals surface area contributed by atoms with Crippen molar-refractivity contribution in [3.8, 4) is 5.75 Å². The largest absolute Gasteiger partial charge is 0.494 e. The van der Waals surface area contributed by atoms with Gasteiger partial charge in [-0.05, 0) is 57.5 Å². The lowest BCUT2D eigenvalue weighted by Gasteiger charge is -2.32. The van der Waals surface area contributed by atoms with Crippen LogP contribution in [0.15, 0.2) is 24.3 Å². The summed E-state index contributed by atoms with van der Waals surface area (Å²) in [4.78, 5) is 15.9. The second kappa shape index (κ2) is 9.68. The van der Waals surface area contributed by atoms with Gasteiger partial charge in [0.2, 0.25) is 0 Å². The first kappa shape index (κ1) is 18.0. The topological polar surface area (TPSA) is 32.8 Å². The normalized spacial score (nSPS) is 16.4. The predicted octanol–water partition coefficient (Wildman–Crippen LogP) is 2.61. The summed E-state index contributed by atoms with van der Waals surface area (Å²) in [7, 11) is 2.19. The molecule has 0 unspecified atom stereocenters. The molecule has 1 heterocycles. The number of nitrogens with zero attached hydrogens (tertiary/aromatic N) is 2. The van der Waals surface area contributed by atoms with E-state index in [2.05, 4.69) is 29.0 Å². The lowest BCUT2D eigenvalue weighted by atomic mass is 10.1. The van der Waals surface area contributed by atoms with Gasteiger partial charge in [-0.3, -0.25) is 0 Å². The molecule has 0 saturated carbocycles. The third kappa shape index (κ3) is 7.14. The molecule has 4 heteroatoms. The molecule has 1 fully saturated rings. The van der Waals surface area contributed by atoms with Crippen molar-refractivity contribution in [2.75, 3.05) is 46.4 Å². The van der Waals surface area contributed by atoms with Crippen LogP contribution in [0.3, 0.4) is 0 Å². The number of Topliss-reactive ketones (excluding diaryl/α,β-unsaturated/α-hetero) is 1. The lowest BCUT2D eigenvalue weighted by molar-refractivity contribution is -0.116. The van der Waals surface area contributed by atoms with Crippen molar-refractivity contribution >= 4 is 5.78 Å². The van der Waals surface area contributed by atoms with Crippen molar-refractivity contribution in [3.63, 3.8) is 0 Å². The summed E-state index contributed by atoms with van der Waals surface area (Å²) in [6.45, 7) is 8.36. The minimum atomic E-state index is 0.241. The van der Waals surface area contributed by atoms with Crippen LogP contribution in [0, 0.1) is 0 Å². The van der Waals surface area contributed by atoms with Crippen LogP contribution in [0.2, 0.25) is 0 Å². The van der Waals surface area contributed by atoms with Crippen LogP contribution in [0.5, 0.6) is 5.75 Å². The van der Waals surface area contributed by atoms with E-state index < -0.39 is 0 Å². The van der Waals surface area contributed by atoms with Crippen LogP contribution in [0.1, 0.15) is 31.7 Å². The number of aryl methyl sites for hydroxylation is 1. The smallest absolute Gasteiger partial charge is 0.130 e. The molecule has 1 aliphatic rings. The molecule has 0 atom stereocenters. The molecule has 4 nitrogen and oxygen atoms in total. The number of carbonyl (C=O) groups is 1. The molecule has 2 rings (SSSR count). The molecule has 0 amide bonds. The highest BCUT2D eigenvalue weighted by Gasteiger charge is 2.12. The Morgan fingerprint density at radius 3 is 2.43 bits per heavy atom. The highest BCUT2D eigenvalue weighted by atomic mass is 16.5. The fourth-order valence-corrected chi connectivity index (χ4v) is 2.77.